The monoisotopic (exact) mass is 657 g/mol. The van der Waals surface area contributed by atoms with Crippen LogP contribution in [-0.4, -0.2) is 63.8 Å². The fourth-order valence-electron chi connectivity index (χ4n) is 7.61. The van der Waals surface area contributed by atoms with Crippen LogP contribution in [0.25, 0.3) is 11.1 Å². The number of ether oxygens (including phenoxy) is 2. The Bertz CT molecular complexity index is 1550. The molecule has 0 bridgehead atoms. The molecule has 6 rings (SSSR count). The fourth-order valence-corrected chi connectivity index (χ4v) is 7.61. The van der Waals surface area contributed by atoms with Crippen molar-refractivity contribution >= 4 is 17.8 Å². The van der Waals surface area contributed by atoms with Crippen molar-refractivity contribution in [3.8, 4) is 16.9 Å². The number of methoxy groups -OCH3 is 1. The maximum Gasteiger partial charge on any atom is 0.407 e. The van der Waals surface area contributed by atoms with E-state index in [2.05, 4.69) is 49.4 Å². The number of nitrogens with one attached hydrogen (secondary N) is 1. The molecule has 0 aliphatic heterocycles. The number of aromatic nitrogens is 3. The summed E-state index contributed by atoms with van der Waals surface area (Å²) >= 11 is 0. The quantitative estimate of drug-likeness (QED) is 0.242. The summed E-state index contributed by atoms with van der Waals surface area (Å²) in [4.78, 5) is 33.4. The molecule has 258 valence electrons. The summed E-state index contributed by atoms with van der Waals surface area (Å²) in [5, 5.41) is 16.9. The van der Waals surface area contributed by atoms with Crippen molar-refractivity contribution < 1.29 is 24.2 Å². The number of aryl methyl sites for hydroxylation is 1. The summed E-state index contributed by atoms with van der Waals surface area (Å²) in [6.45, 7) is 6.94. The van der Waals surface area contributed by atoms with Crippen LogP contribution in [0.5, 0.6) is 5.75 Å². The number of carbonyl (C=O) groups is 2. The molecule has 3 fully saturated rings. The van der Waals surface area contributed by atoms with Gasteiger partial charge in [-0.3, -0.25) is 14.4 Å². The van der Waals surface area contributed by atoms with Gasteiger partial charge in [0.1, 0.15) is 17.7 Å². The molecule has 3 aliphatic rings. The van der Waals surface area contributed by atoms with Gasteiger partial charge < -0.3 is 19.9 Å². The number of anilines is 1. The molecule has 0 spiro atoms. The first-order valence-electron chi connectivity index (χ1n) is 17.8. The molecule has 3 aromatic rings. The van der Waals surface area contributed by atoms with Gasteiger partial charge in [0.2, 0.25) is 5.91 Å². The van der Waals surface area contributed by atoms with Crippen molar-refractivity contribution in [2.45, 2.75) is 115 Å². The van der Waals surface area contributed by atoms with Gasteiger partial charge in [-0.1, -0.05) is 12.1 Å². The van der Waals surface area contributed by atoms with E-state index >= 15 is 0 Å². The third-order valence-electron chi connectivity index (χ3n) is 10.7. The molecule has 1 aromatic carbocycles. The zero-order valence-electron chi connectivity index (χ0n) is 28.8. The average Bonchev–Trinajstić information content (AvgIpc) is 3.58. The SMILES string of the molecule is COc1ccc(C2CCC(CN(C(=O)C3CCC(OC(=O)NC4CC(O)C4)CC3)c3cc(-c4cnn(C(C)C)c4)ccn3)CC2)cc1C. The topological polar surface area (TPSA) is 119 Å². The second-order valence-corrected chi connectivity index (χ2v) is 14.4. The molecule has 3 saturated carbocycles. The Hall–Kier alpha value is -3.92. The van der Waals surface area contributed by atoms with Gasteiger partial charge in [0, 0.05) is 42.5 Å². The number of amides is 2. The van der Waals surface area contributed by atoms with Gasteiger partial charge in [-0.15, -0.1) is 0 Å². The van der Waals surface area contributed by atoms with Gasteiger partial charge in [0.15, 0.2) is 0 Å². The van der Waals surface area contributed by atoms with Gasteiger partial charge in [0.05, 0.1) is 19.4 Å². The highest BCUT2D eigenvalue weighted by molar-refractivity contribution is 5.94. The largest absolute Gasteiger partial charge is 0.496 e. The normalized spacial score (nSPS) is 25.6. The van der Waals surface area contributed by atoms with Crippen LogP contribution in [0.15, 0.2) is 48.9 Å². The Morgan fingerprint density at radius 1 is 1.02 bits per heavy atom. The number of hydrogen-bond acceptors (Lipinski definition) is 7. The lowest BCUT2D eigenvalue weighted by molar-refractivity contribution is -0.124. The number of rotatable bonds is 10. The predicted molar refractivity (Wildman–Crippen MR) is 185 cm³/mol. The first kappa shape index (κ1) is 34.0. The van der Waals surface area contributed by atoms with E-state index < -0.39 is 6.09 Å². The standard InChI is InChI=1S/C38H51N5O5/c1-24(2)43-23-31(21-40-43)30-15-16-39-36(18-30)42(22-26-5-7-27(8-6-26)29-11-14-35(47-4)25(3)17-29)37(45)28-9-12-34(13-10-28)48-38(46)41-32-19-33(44)20-32/h11,14-18,21,23-24,26-28,32-34,44H,5-10,12-13,19-20,22H2,1-4H3,(H,41,46). The van der Waals surface area contributed by atoms with E-state index in [1.54, 1.807) is 13.3 Å². The van der Waals surface area contributed by atoms with Crippen molar-refractivity contribution in [3.63, 3.8) is 0 Å². The van der Waals surface area contributed by atoms with Crippen molar-refractivity contribution in [2.24, 2.45) is 11.8 Å². The maximum absolute atomic E-state index is 14.4. The highest BCUT2D eigenvalue weighted by Crippen LogP contribution is 2.39. The third-order valence-corrected chi connectivity index (χ3v) is 10.7. The summed E-state index contributed by atoms with van der Waals surface area (Å²) in [6.07, 6.45) is 12.8. The van der Waals surface area contributed by atoms with E-state index in [0.717, 1.165) is 48.1 Å². The van der Waals surface area contributed by atoms with Gasteiger partial charge >= 0.3 is 6.09 Å². The number of aliphatic hydroxyl groups excluding tert-OH is 1. The minimum Gasteiger partial charge on any atom is -0.496 e. The molecule has 10 nitrogen and oxygen atoms in total. The molecule has 2 aromatic heterocycles. The van der Waals surface area contributed by atoms with Crippen molar-refractivity contribution in [1.29, 1.82) is 0 Å². The van der Waals surface area contributed by atoms with Crippen molar-refractivity contribution in [2.75, 3.05) is 18.6 Å². The van der Waals surface area contributed by atoms with E-state index in [1.807, 2.05) is 34.1 Å². The van der Waals surface area contributed by atoms with Crippen LogP contribution in [0.1, 0.15) is 101 Å². The molecule has 2 heterocycles. The number of aliphatic hydroxyl groups is 1. The lowest BCUT2D eigenvalue weighted by atomic mass is 9.78. The first-order chi connectivity index (χ1) is 23.2. The second-order valence-electron chi connectivity index (χ2n) is 14.4. The lowest BCUT2D eigenvalue weighted by Crippen LogP contribution is -2.48. The zero-order valence-corrected chi connectivity index (χ0v) is 28.8. The number of pyridine rings is 1. The smallest absolute Gasteiger partial charge is 0.407 e. The van der Waals surface area contributed by atoms with Crippen LogP contribution in [0.2, 0.25) is 0 Å². The predicted octanol–water partition coefficient (Wildman–Crippen LogP) is 6.96. The second kappa shape index (κ2) is 15.1. The highest BCUT2D eigenvalue weighted by Gasteiger charge is 2.35. The van der Waals surface area contributed by atoms with Crippen LogP contribution in [0, 0.1) is 18.8 Å². The Kier molecular flexibility index (Phi) is 10.7. The van der Waals surface area contributed by atoms with E-state index in [1.165, 1.54) is 5.56 Å². The molecule has 2 amide bonds. The summed E-state index contributed by atoms with van der Waals surface area (Å²) < 4.78 is 13.1. The number of nitrogens with zero attached hydrogens (tertiary/aromatic N) is 4. The third kappa shape index (κ3) is 8.02. The zero-order chi connectivity index (χ0) is 33.8. The highest BCUT2D eigenvalue weighted by atomic mass is 16.6. The summed E-state index contributed by atoms with van der Waals surface area (Å²) in [5.41, 5.74) is 4.53. The van der Waals surface area contributed by atoms with E-state index in [0.29, 0.717) is 62.7 Å². The molecule has 0 saturated heterocycles. The molecular weight excluding hydrogens is 606 g/mol. The van der Waals surface area contributed by atoms with Gasteiger partial charge in [-0.25, -0.2) is 9.78 Å². The molecule has 10 heteroatoms. The molecule has 0 unspecified atom stereocenters. The van der Waals surface area contributed by atoms with E-state index in [4.69, 9.17) is 14.5 Å². The van der Waals surface area contributed by atoms with Crippen molar-refractivity contribution in [3.05, 3.63) is 60.0 Å². The Labute approximate surface area is 284 Å². The Morgan fingerprint density at radius 2 is 1.77 bits per heavy atom. The van der Waals surface area contributed by atoms with E-state index in [9.17, 15) is 14.7 Å². The number of benzene rings is 1. The van der Waals surface area contributed by atoms with Crippen LogP contribution >= 0.6 is 0 Å². The average molecular weight is 658 g/mol. The number of hydrogen-bond donors (Lipinski definition) is 2. The van der Waals surface area contributed by atoms with Gasteiger partial charge in [-0.05, 0) is 132 Å². The van der Waals surface area contributed by atoms with E-state index in [-0.39, 0.29) is 36.1 Å². The molecule has 2 N–H and O–H groups in total. The van der Waals surface area contributed by atoms with Gasteiger partial charge in [-0.2, -0.15) is 5.10 Å². The Balaban J connectivity index is 1.13. The minimum absolute atomic E-state index is 0.0163. The maximum atomic E-state index is 14.4. The molecule has 3 aliphatic carbocycles. The van der Waals surface area contributed by atoms with Gasteiger partial charge in [0.25, 0.3) is 0 Å². The van der Waals surface area contributed by atoms with Crippen LogP contribution < -0.4 is 15.0 Å². The fraction of sp³-hybridized carbons (Fsp3) is 0.579. The first-order valence-corrected chi connectivity index (χ1v) is 17.8. The molecule has 0 atom stereocenters. The minimum atomic E-state index is -0.425. The Morgan fingerprint density at radius 3 is 2.42 bits per heavy atom. The number of carbonyl (C=O) groups excluding carboxylic acids is 2. The van der Waals surface area contributed by atoms with Crippen molar-refractivity contribution in [1.82, 2.24) is 20.1 Å². The lowest BCUT2D eigenvalue weighted by Gasteiger charge is -2.36. The summed E-state index contributed by atoms with van der Waals surface area (Å²) in [5.74, 6) is 2.45. The molecule has 48 heavy (non-hydrogen) atoms. The number of alkyl carbamates (subject to hydrolysis) is 1. The van der Waals surface area contributed by atoms with Crippen LogP contribution in [-0.2, 0) is 9.53 Å². The summed E-state index contributed by atoms with van der Waals surface area (Å²) in [7, 11) is 1.71. The molecular formula is C38H51N5O5. The van der Waals surface area contributed by atoms with Crippen LogP contribution in [0.3, 0.4) is 0 Å². The van der Waals surface area contributed by atoms with Crippen LogP contribution in [0.4, 0.5) is 10.6 Å². The molecule has 0 radical (unpaired) electrons. The summed E-state index contributed by atoms with van der Waals surface area (Å²) in [6, 6.07) is 10.8.